The summed E-state index contributed by atoms with van der Waals surface area (Å²) < 4.78 is 5.14. The molecule has 0 aliphatic rings. The van der Waals surface area contributed by atoms with Gasteiger partial charge >= 0.3 is 5.97 Å². The summed E-state index contributed by atoms with van der Waals surface area (Å²) in [5.41, 5.74) is 0.963. The molecule has 0 amide bonds. The lowest BCUT2D eigenvalue weighted by atomic mass is 10.2. The third-order valence-electron chi connectivity index (χ3n) is 1.43. The number of halogens is 1. The normalized spacial score (nSPS) is 9.31. The molecule has 1 rings (SSSR count). The SMILES string of the molecule is C=C(Br)C(=O)OCc1ccccc1. The lowest BCUT2D eigenvalue weighted by molar-refractivity contribution is -0.139. The maximum absolute atomic E-state index is 10.9. The molecule has 68 valence electrons. The number of hydrogen-bond donors (Lipinski definition) is 0. The van der Waals surface area contributed by atoms with Gasteiger partial charge in [-0.3, -0.25) is 0 Å². The molecule has 0 bridgehead atoms. The second kappa shape index (κ2) is 4.82. The number of benzene rings is 1. The predicted molar refractivity (Wildman–Crippen MR) is 54.3 cm³/mol. The Bertz CT molecular complexity index is 306. The van der Waals surface area contributed by atoms with Crippen molar-refractivity contribution in [3.05, 3.63) is 47.0 Å². The smallest absolute Gasteiger partial charge is 0.344 e. The van der Waals surface area contributed by atoms with E-state index in [0.29, 0.717) is 0 Å². The van der Waals surface area contributed by atoms with Crippen LogP contribution in [0.4, 0.5) is 0 Å². The Balaban J connectivity index is 2.44. The topological polar surface area (TPSA) is 26.3 Å². The van der Waals surface area contributed by atoms with Crippen LogP contribution in [0, 0.1) is 0 Å². The van der Waals surface area contributed by atoms with Crippen LogP contribution >= 0.6 is 15.9 Å². The van der Waals surface area contributed by atoms with E-state index in [1.54, 1.807) is 0 Å². The van der Waals surface area contributed by atoms with Gasteiger partial charge in [-0.15, -0.1) is 0 Å². The molecule has 0 N–H and O–H groups in total. The van der Waals surface area contributed by atoms with Crippen LogP contribution < -0.4 is 0 Å². The fourth-order valence-electron chi connectivity index (χ4n) is 0.801. The van der Waals surface area contributed by atoms with Gasteiger partial charge in [0.15, 0.2) is 0 Å². The first-order valence-corrected chi connectivity index (χ1v) is 4.55. The van der Waals surface area contributed by atoms with E-state index in [9.17, 15) is 4.79 Å². The first-order valence-electron chi connectivity index (χ1n) is 3.75. The van der Waals surface area contributed by atoms with Gasteiger partial charge < -0.3 is 4.74 Å². The van der Waals surface area contributed by atoms with Crippen molar-refractivity contribution in [1.29, 1.82) is 0 Å². The van der Waals surface area contributed by atoms with Crippen molar-refractivity contribution in [2.45, 2.75) is 6.61 Å². The van der Waals surface area contributed by atoms with Crippen LogP contribution in [0.3, 0.4) is 0 Å². The Labute approximate surface area is 85.3 Å². The third kappa shape index (κ3) is 3.42. The molecular formula is C10H9BrO2. The molecule has 0 aliphatic carbocycles. The Morgan fingerprint density at radius 3 is 2.54 bits per heavy atom. The summed E-state index contributed by atoms with van der Waals surface area (Å²) in [6.07, 6.45) is 0. The summed E-state index contributed by atoms with van der Waals surface area (Å²) in [5, 5.41) is 0. The van der Waals surface area contributed by atoms with Gasteiger partial charge in [0, 0.05) is 0 Å². The number of carbonyl (C=O) groups excluding carboxylic acids is 1. The molecule has 3 heteroatoms. The largest absolute Gasteiger partial charge is 0.457 e. The van der Waals surface area contributed by atoms with E-state index >= 15 is 0 Å². The minimum Gasteiger partial charge on any atom is -0.457 e. The van der Waals surface area contributed by atoms with Crippen molar-refractivity contribution in [1.82, 2.24) is 0 Å². The van der Waals surface area contributed by atoms with E-state index in [4.69, 9.17) is 4.74 Å². The molecule has 0 radical (unpaired) electrons. The molecular weight excluding hydrogens is 232 g/mol. The molecule has 0 atom stereocenters. The summed E-state index contributed by atoms with van der Waals surface area (Å²) in [6, 6.07) is 9.49. The molecule has 0 spiro atoms. The Kier molecular flexibility index (Phi) is 3.71. The second-order valence-corrected chi connectivity index (χ2v) is 3.42. The summed E-state index contributed by atoms with van der Waals surface area (Å²) in [4.78, 5) is 10.9. The monoisotopic (exact) mass is 240 g/mol. The highest BCUT2D eigenvalue weighted by Crippen LogP contribution is 2.06. The maximum atomic E-state index is 10.9. The van der Waals surface area contributed by atoms with Gasteiger partial charge in [-0.05, 0) is 21.5 Å². The van der Waals surface area contributed by atoms with Crippen LogP contribution in [-0.2, 0) is 16.1 Å². The molecule has 0 aliphatic heterocycles. The fraction of sp³-hybridized carbons (Fsp3) is 0.100. The number of rotatable bonds is 3. The van der Waals surface area contributed by atoms with Gasteiger partial charge in [0.2, 0.25) is 0 Å². The van der Waals surface area contributed by atoms with Crippen molar-refractivity contribution in [3.63, 3.8) is 0 Å². The molecule has 1 aromatic carbocycles. The minimum atomic E-state index is -0.427. The van der Waals surface area contributed by atoms with Gasteiger partial charge in [0.25, 0.3) is 0 Å². The maximum Gasteiger partial charge on any atom is 0.344 e. The molecule has 0 unspecified atom stereocenters. The quantitative estimate of drug-likeness (QED) is 0.600. The Hall–Kier alpha value is -1.09. The lowest BCUT2D eigenvalue weighted by Gasteiger charge is -2.02. The van der Waals surface area contributed by atoms with Crippen molar-refractivity contribution in [2.75, 3.05) is 0 Å². The highest BCUT2D eigenvalue weighted by molar-refractivity contribution is 9.12. The van der Waals surface area contributed by atoms with Crippen LogP contribution in [-0.4, -0.2) is 5.97 Å². The van der Waals surface area contributed by atoms with Crippen LogP contribution in [0.15, 0.2) is 41.4 Å². The standard InChI is InChI=1S/C10H9BrO2/c1-8(11)10(12)13-7-9-5-3-2-4-6-9/h2-6H,1,7H2. The van der Waals surface area contributed by atoms with Gasteiger partial charge in [0.1, 0.15) is 6.61 Å². The highest BCUT2D eigenvalue weighted by atomic mass is 79.9. The van der Waals surface area contributed by atoms with Crippen molar-refractivity contribution >= 4 is 21.9 Å². The zero-order valence-corrected chi connectivity index (χ0v) is 8.58. The molecule has 2 nitrogen and oxygen atoms in total. The molecule has 0 saturated heterocycles. The first kappa shape index (κ1) is 9.99. The first-order chi connectivity index (χ1) is 6.20. The third-order valence-corrected chi connectivity index (χ3v) is 1.76. The van der Waals surface area contributed by atoms with Crippen molar-refractivity contribution in [2.24, 2.45) is 0 Å². The van der Waals surface area contributed by atoms with Crippen LogP contribution in [0.25, 0.3) is 0 Å². The summed E-state index contributed by atoms with van der Waals surface area (Å²) in [6.45, 7) is 3.69. The summed E-state index contributed by atoms with van der Waals surface area (Å²) in [5.74, 6) is -0.427. The second-order valence-electron chi connectivity index (χ2n) is 2.47. The zero-order chi connectivity index (χ0) is 9.68. The van der Waals surface area contributed by atoms with Crippen LogP contribution in [0.2, 0.25) is 0 Å². The van der Waals surface area contributed by atoms with E-state index in [1.165, 1.54) is 0 Å². The van der Waals surface area contributed by atoms with Gasteiger partial charge in [-0.2, -0.15) is 0 Å². The van der Waals surface area contributed by atoms with Gasteiger partial charge in [-0.25, -0.2) is 4.79 Å². The predicted octanol–water partition coefficient (Wildman–Crippen LogP) is 2.64. The molecule has 1 aromatic rings. The molecule has 0 heterocycles. The van der Waals surface area contributed by atoms with Crippen molar-refractivity contribution in [3.8, 4) is 0 Å². The van der Waals surface area contributed by atoms with Gasteiger partial charge in [-0.1, -0.05) is 36.9 Å². The molecule has 0 saturated carbocycles. The van der Waals surface area contributed by atoms with E-state index in [0.717, 1.165) is 5.56 Å². The van der Waals surface area contributed by atoms with Crippen LogP contribution in [0.1, 0.15) is 5.56 Å². The van der Waals surface area contributed by atoms with E-state index < -0.39 is 5.97 Å². The average Bonchev–Trinajstić information content (AvgIpc) is 2.15. The van der Waals surface area contributed by atoms with Gasteiger partial charge in [0.05, 0.1) is 4.48 Å². The number of hydrogen-bond acceptors (Lipinski definition) is 2. The zero-order valence-electron chi connectivity index (χ0n) is 7.00. The number of esters is 1. The molecule has 13 heavy (non-hydrogen) atoms. The van der Waals surface area contributed by atoms with Crippen molar-refractivity contribution < 1.29 is 9.53 Å². The van der Waals surface area contributed by atoms with Crippen LogP contribution in [0.5, 0.6) is 0 Å². The lowest BCUT2D eigenvalue weighted by Crippen LogP contribution is -2.03. The molecule has 0 aromatic heterocycles. The highest BCUT2D eigenvalue weighted by Gasteiger charge is 2.03. The van der Waals surface area contributed by atoms with E-state index in [1.807, 2.05) is 30.3 Å². The van der Waals surface area contributed by atoms with E-state index in [2.05, 4.69) is 22.5 Å². The number of ether oxygens (including phenoxy) is 1. The van der Waals surface area contributed by atoms with E-state index in [-0.39, 0.29) is 11.1 Å². The Morgan fingerprint density at radius 2 is 2.00 bits per heavy atom. The fourth-order valence-corrected chi connectivity index (χ4v) is 0.916. The minimum absolute atomic E-state index is 0.239. The average molecular weight is 241 g/mol. The molecule has 0 fully saturated rings. The Morgan fingerprint density at radius 1 is 1.38 bits per heavy atom. The summed E-state index contributed by atoms with van der Waals surface area (Å²) >= 11 is 2.94. The number of carbonyl (C=O) groups is 1. The summed E-state index contributed by atoms with van der Waals surface area (Å²) in [7, 11) is 0.